The molecule has 0 radical (unpaired) electrons. The minimum Gasteiger partial charge on any atom is -0.450 e. The van der Waals surface area contributed by atoms with Crippen molar-refractivity contribution in [1.82, 2.24) is 30.4 Å². The number of nitrogens with zero attached hydrogens (tertiary/aromatic N) is 5. The zero-order valence-electron chi connectivity index (χ0n) is 16.5. The van der Waals surface area contributed by atoms with Gasteiger partial charge >= 0.3 is 6.09 Å². The minimum absolute atomic E-state index is 0.167. The summed E-state index contributed by atoms with van der Waals surface area (Å²) >= 11 is 0. The number of halogens is 1. The number of alkyl carbamates (subject to hydrolysis) is 1. The number of likely N-dealkylation sites (tertiary alicyclic amines) is 1. The number of nitrogens with one attached hydrogen (secondary N) is 1. The highest BCUT2D eigenvalue weighted by Crippen LogP contribution is 2.21. The smallest absolute Gasteiger partial charge is 0.407 e. The largest absolute Gasteiger partial charge is 0.450 e. The molecule has 0 bridgehead atoms. The van der Waals surface area contributed by atoms with E-state index in [1.165, 1.54) is 16.8 Å². The number of hydrogen-bond acceptors (Lipinski definition) is 6. The number of carbonyl (C=O) groups is 2. The van der Waals surface area contributed by atoms with Gasteiger partial charge in [0.05, 0.1) is 6.61 Å². The summed E-state index contributed by atoms with van der Waals surface area (Å²) in [6, 6.07) is 5.26. The molecule has 0 aliphatic carbocycles. The maximum Gasteiger partial charge on any atom is 0.407 e. The number of hydrogen-bond donors (Lipinski definition) is 1. The lowest BCUT2D eigenvalue weighted by Crippen LogP contribution is -2.51. The number of aromatic nitrogens is 4. The SMILES string of the molecule is CCOC(=O)NC1CCCN(C(=O)C(Cc2cccc(F)c2)n2nnnc2C)C1. The summed E-state index contributed by atoms with van der Waals surface area (Å²) in [7, 11) is 0. The van der Waals surface area contributed by atoms with E-state index in [9.17, 15) is 14.0 Å². The molecule has 2 atom stereocenters. The summed E-state index contributed by atoms with van der Waals surface area (Å²) < 4.78 is 20.0. The normalized spacial score (nSPS) is 17.6. The van der Waals surface area contributed by atoms with Gasteiger partial charge < -0.3 is 15.0 Å². The van der Waals surface area contributed by atoms with E-state index in [0.29, 0.717) is 24.5 Å². The van der Waals surface area contributed by atoms with Crippen LogP contribution in [0.2, 0.25) is 0 Å². The maximum absolute atomic E-state index is 13.6. The molecule has 2 aromatic rings. The first-order valence-electron chi connectivity index (χ1n) is 9.69. The number of piperidine rings is 1. The molecule has 10 heteroatoms. The average Bonchev–Trinajstić information content (AvgIpc) is 3.11. The van der Waals surface area contributed by atoms with Crippen molar-refractivity contribution in [3.63, 3.8) is 0 Å². The standard InChI is InChI=1S/C19H25FN6O3/c1-3-29-19(28)21-16-8-5-9-25(12-16)18(27)17(26-13(2)22-23-24-26)11-14-6-4-7-15(20)10-14/h4,6-7,10,16-17H,3,5,8-9,11-12H2,1-2H3,(H,21,28). The summed E-state index contributed by atoms with van der Waals surface area (Å²) in [6.07, 6.45) is 1.29. The van der Waals surface area contributed by atoms with E-state index >= 15 is 0 Å². The van der Waals surface area contributed by atoms with Crippen LogP contribution in [0.4, 0.5) is 9.18 Å². The Bertz CT molecular complexity index is 858. The third kappa shape index (κ3) is 5.27. The van der Waals surface area contributed by atoms with E-state index in [1.54, 1.807) is 30.9 Å². The van der Waals surface area contributed by atoms with Crippen molar-refractivity contribution in [2.75, 3.05) is 19.7 Å². The quantitative estimate of drug-likeness (QED) is 0.785. The highest BCUT2D eigenvalue weighted by Gasteiger charge is 2.32. The van der Waals surface area contributed by atoms with Gasteiger partial charge in [0, 0.05) is 25.6 Å². The van der Waals surface area contributed by atoms with Crippen molar-refractivity contribution < 1.29 is 18.7 Å². The summed E-state index contributed by atoms with van der Waals surface area (Å²) in [5, 5.41) is 14.3. The second kappa shape index (κ2) is 9.44. The summed E-state index contributed by atoms with van der Waals surface area (Å²) in [5.41, 5.74) is 0.677. The third-order valence-electron chi connectivity index (χ3n) is 4.89. The molecule has 156 valence electrons. The van der Waals surface area contributed by atoms with Crippen molar-refractivity contribution >= 4 is 12.0 Å². The van der Waals surface area contributed by atoms with Crippen LogP contribution in [0.15, 0.2) is 24.3 Å². The molecule has 1 aliphatic rings. The second-order valence-electron chi connectivity index (χ2n) is 7.01. The van der Waals surface area contributed by atoms with E-state index in [4.69, 9.17) is 4.74 Å². The summed E-state index contributed by atoms with van der Waals surface area (Å²) in [6.45, 7) is 4.68. The molecular formula is C19H25FN6O3. The highest BCUT2D eigenvalue weighted by molar-refractivity contribution is 5.81. The molecule has 2 heterocycles. The Labute approximate surface area is 168 Å². The van der Waals surface area contributed by atoms with E-state index in [-0.39, 0.29) is 30.8 Å². The van der Waals surface area contributed by atoms with Gasteiger partial charge in [-0.1, -0.05) is 12.1 Å². The Morgan fingerprint density at radius 3 is 2.93 bits per heavy atom. The molecule has 1 N–H and O–H groups in total. The number of benzene rings is 1. The van der Waals surface area contributed by atoms with Crippen LogP contribution < -0.4 is 5.32 Å². The zero-order chi connectivity index (χ0) is 20.8. The van der Waals surface area contributed by atoms with Crippen LogP contribution in [0.3, 0.4) is 0 Å². The van der Waals surface area contributed by atoms with E-state index in [0.717, 1.165) is 12.8 Å². The Morgan fingerprint density at radius 1 is 1.41 bits per heavy atom. The molecule has 2 amide bonds. The molecule has 1 fully saturated rings. The fraction of sp³-hybridized carbons (Fsp3) is 0.526. The number of amides is 2. The Balaban J connectivity index is 1.77. The van der Waals surface area contributed by atoms with Crippen LogP contribution in [-0.2, 0) is 16.0 Å². The van der Waals surface area contributed by atoms with Crippen molar-refractivity contribution in [3.05, 3.63) is 41.5 Å². The van der Waals surface area contributed by atoms with Gasteiger partial charge in [0.1, 0.15) is 17.7 Å². The topological polar surface area (TPSA) is 102 Å². The van der Waals surface area contributed by atoms with Crippen molar-refractivity contribution in [2.45, 2.75) is 45.2 Å². The lowest BCUT2D eigenvalue weighted by molar-refractivity contribution is -0.136. The second-order valence-corrected chi connectivity index (χ2v) is 7.01. The summed E-state index contributed by atoms with van der Waals surface area (Å²) in [4.78, 5) is 26.8. The molecule has 3 rings (SSSR count). The average molecular weight is 404 g/mol. The van der Waals surface area contributed by atoms with Crippen LogP contribution in [0.1, 0.15) is 37.2 Å². The van der Waals surface area contributed by atoms with Gasteiger partial charge in [-0.05, 0) is 54.8 Å². The Morgan fingerprint density at radius 2 is 2.24 bits per heavy atom. The molecule has 0 spiro atoms. The van der Waals surface area contributed by atoms with Crippen LogP contribution >= 0.6 is 0 Å². The van der Waals surface area contributed by atoms with Crippen molar-refractivity contribution in [1.29, 1.82) is 0 Å². The number of ether oxygens (including phenoxy) is 1. The van der Waals surface area contributed by atoms with Crippen LogP contribution in [0.5, 0.6) is 0 Å². The number of rotatable bonds is 6. The van der Waals surface area contributed by atoms with Crippen molar-refractivity contribution in [3.8, 4) is 0 Å². The molecule has 29 heavy (non-hydrogen) atoms. The number of aryl methyl sites for hydroxylation is 1. The first kappa shape index (κ1) is 20.7. The number of carbonyl (C=O) groups excluding carboxylic acids is 2. The van der Waals surface area contributed by atoms with Crippen molar-refractivity contribution in [2.24, 2.45) is 0 Å². The zero-order valence-corrected chi connectivity index (χ0v) is 16.5. The van der Waals surface area contributed by atoms with Crippen LogP contribution in [0.25, 0.3) is 0 Å². The molecule has 1 aromatic heterocycles. The molecule has 1 aromatic carbocycles. The minimum atomic E-state index is -0.701. The molecule has 9 nitrogen and oxygen atoms in total. The fourth-order valence-corrected chi connectivity index (χ4v) is 3.54. The lowest BCUT2D eigenvalue weighted by atomic mass is 10.0. The molecule has 0 saturated carbocycles. The maximum atomic E-state index is 13.6. The van der Waals surface area contributed by atoms with Gasteiger partial charge in [-0.15, -0.1) is 5.10 Å². The van der Waals surface area contributed by atoms with Gasteiger partial charge in [0.25, 0.3) is 0 Å². The first-order chi connectivity index (χ1) is 14.0. The van der Waals surface area contributed by atoms with Crippen LogP contribution in [0, 0.1) is 12.7 Å². The number of tetrazole rings is 1. The highest BCUT2D eigenvalue weighted by atomic mass is 19.1. The lowest BCUT2D eigenvalue weighted by Gasteiger charge is -2.35. The third-order valence-corrected chi connectivity index (χ3v) is 4.89. The molecule has 1 saturated heterocycles. The fourth-order valence-electron chi connectivity index (χ4n) is 3.54. The van der Waals surface area contributed by atoms with E-state index in [2.05, 4.69) is 20.8 Å². The first-order valence-corrected chi connectivity index (χ1v) is 9.69. The van der Waals surface area contributed by atoms with E-state index < -0.39 is 12.1 Å². The van der Waals surface area contributed by atoms with Gasteiger partial charge in [-0.3, -0.25) is 4.79 Å². The van der Waals surface area contributed by atoms with Gasteiger partial charge in [0.15, 0.2) is 0 Å². The summed E-state index contributed by atoms with van der Waals surface area (Å²) in [5.74, 6) is -0.0307. The van der Waals surface area contributed by atoms with Gasteiger partial charge in [-0.25, -0.2) is 13.9 Å². The van der Waals surface area contributed by atoms with Crippen LogP contribution in [-0.4, -0.2) is 62.8 Å². The Hall–Kier alpha value is -3.04. The van der Waals surface area contributed by atoms with Gasteiger partial charge in [-0.2, -0.15) is 0 Å². The molecule has 2 unspecified atom stereocenters. The van der Waals surface area contributed by atoms with E-state index in [1.807, 2.05) is 0 Å². The predicted octanol–water partition coefficient (Wildman–Crippen LogP) is 1.64. The Kier molecular flexibility index (Phi) is 6.73. The monoisotopic (exact) mass is 404 g/mol. The molecule has 1 aliphatic heterocycles. The van der Waals surface area contributed by atoms with Gasteiger partial charge in [0.2, 0.25) is 5.91 Å². The molecular weight excluding hydrogens is 379 g/mol. The predicted molar refractivity (Wildman–Crippen MR) is 101 cm³/mol.